The van der Waals surface area contributed by atoms with Gasteiger partial charge in [-0.2, -0.15) is 11.8 Å². The maximum atomic E-state index is 6.94. The summed E-state index contributed by atoms with van der Waals surface area (Å²) >= 11 is 3.38. The summed E-state index contributed by atoms with van der Waals surface area (Å²) in [6.07, 6.45) is 2.57. The molecule has 0 aliphatic heterocycles. The number of rotatable bonds is 6. The number of nitrogens with two attached hydrogens (primary N) is 1. The van der Waals surface area contributed by atoms with Gasteiger partial charge >= 0.3 is 0 Å². The van der Waals surface area contributed by atoms with Crippen LogP contribution in [-0.4, -0.2) is 22.4 Å². The summed E-state index contributed by atoms with van der Waals surface area (Å²) in [5, 5.41) is 7.18. The van der Waals surface area contributed by atoms with Crippen LogP contribution in [0.3, 0.4) is 0 Å². The Morgan fingerprint density at radius 3 is 2.64 bits per heavy atom. The second-order valence-corrected chi connectivity index (χ2v) is 4.54. The van der Waals surface area contributed by atoms with E-state index in [1.54, 1.807) is 0 Å². The van der Waals surface area contributed by atoms with Crippen molar-refractivity contribution in [3.05, 3.63) is 0 Å². The van der Waals surface area contributed by atoms with Gasteiger partial charge in [0.15, 0.2) is 5.17 Å². The molecule has 0 spiro atoms. The molecule has 0 aromatic rings. The lowest BCUT2D eigenvalue weighted by atomic mass is 10.4. The molecule has 0 unspecified atom stereocenters. The van der Waals surface area contributed by atoms with Crippen molar-refractivity contribution in [1.82, 2.24) is 0 Å². The number of hydrogen-bond acceptors (Lipinski definition) is 3. The van der Waals surface area contributed by atoms with Gasteiger partial charge in [0.2, 0.25) is 0 Å². The summed E-state index contributed by atoms with van der Waals surface area (Å²) in [5.41, 5.74) is 5.17. The monoisotopic (exact) mass is 192 g/mol. The fourth-order valence-electron chi connectivity index (χ4n) is 0.559. The summed E-state index contributed by atoms with van der Waals surface area (Å²) < 4.78 is 0. The van der Waals surface area contributed by atoms with E-state index in [9.17, 15) is 0 Å². The second-order valence-electron chi connectivity index (χ2n) is 2.18. The van der Waals surface area contributed by atoms with Crippen LogP contribution in [0.4, 0.5) is 0 Å². The summed E-state index contributed by atoms with van der Waals surface area (Å²) in [7, 11) is 0. The van der Waals surface area contributed by atoms with Gasteiger partial charge in [0, 0.05) is 11.5 Å². The molecule has 0 bridgehead atoms. The average Bonchev–Trinajstić information content (AvgIpc) is 1.96. The molecule has 0 aliphatic rings. The van der Waals surface area contributed by atoms with E-state index in [4.69, 9.17) is 11.1 Å². The Balaban J connectivity index is 2.85. The average molecular weight is 192 g/mol. The van der Waals surface area contributed by atoms with Gasteiger partial charge in [-0.05, 0) is 12.2 Å². The zero-order chi connectivity index (χ0) is 8.53. The first-order valence-corrected chi connectivity index (χ1v) is 5.96. The lowest BCUT2D eigenvalue weighted by Crippen LogP contribution is -2.05. The number of unbranched alkanes of at least 4 members (excludes halogenated alkanes) is 1. The molecular formula is C7H16N2S2. The highest BCUT2D eigenvalue weighted by molar-refractivity contribution is 8.14. The largest absolute Gasteiger partial charge is 0.379 e. The van der Waals surface area contributed by atoms with Crippen molar-refractivity contribution in [3.8, 4) is 0 Å². The second kappa shape index (κ2) is 8.27. The smallest absolute Gasteiger partial charge is 0.151 e. The molecule has 0 fully saturated rings. The molecule has 0 radical (unpaired) electrons. The minimum Gasteiger partial charge on any atom is -0.379 e. The topological polar surface area (TPSA) is 49.9 Å². The van der Waals surface area contributed by atoms with Crippen LogP contribution < -0.4 is 5.73 Å². The Morgan fingerprint density at radius 1 is 1.36 bits per heavy atom. The van der Waals surface area contributed by atoms with Crippen molar-refractivity contribution in [2.75, 3.05) is 17.3 Å². The summed E-state index contributed by atoms with van der Waals surface area (Å²) in [6, 6.07) is 0. The number of hydrogen-bond donors (Lipinski definition) is 2. The zero-order valence-corrected chi connectivity index (χ0v) is 8.56. The Labute approximate surface area is 77.2 Å². The fraction of sp³-hybridized carbons (Fsp3) is 0.857. The Kier molecular flexibility index (Phi) is 8.40. The normalized spacial score (nSPS) is 9.91. The van der Waals surface area contributed by atoms with Crippen molar-refractivity contribution in [3.63, 3.8) is 0 Å². The van der Waals surface area contributed by atoms with E-state index in [1.165, 1.54) is 30.4 Å². The van der Waals surface area contributed by atoms with Gasteiger partial charge in [-0.1, -0.05) is 25.1 Å². The zero-order valence-electron chi connectivity index (χ0n) is 6.93. The van der Waals surface area contributed by atoms with Crippen LogP contribution in [0, 0.1) is 5.41 Å². The highest BCUT2D eigenvalue weighted by Crippen LogP contribution is 2.08. The molecular weight excluding hydrogens is 176 g/mol. The molecule has 66 valence electrons. The number of thioether (sulfide) groups is 2. The summed E-state index contributed by atoms with van der Waals surface area (Å²) in [5.74, 6) is 3.34. The van der Waals surface area contributed by atoms with Gasteiger partial charge < -0.3 is 5.73 Å². The summed E-state index contributed by atoms with van der Waals surface area (Å²) in [4.78, 5) is 0. The molecule has 0 saturated heterocycles. The van der Waals surface area contributed by atoms with Crippen LogP contribution in [0.15, 0.2) is 0 Å². The maximum Gasteiger partial charge on any atom is 0.151 e. The molecule has 0 aliphatic carbocycles. The van der Waals surface area contributed by atoms with Crippen LogP contribution in [0.5, 0.6) is 0 Å². The molecule has 0 heterocycles. The van der Waals surface area contributed by atoms with Crippen molar-refractivity contribution >= 4 is 28.7 Å². The van der Waals surface area contributed by atoms with E-state index >= 15 is 0 Å². The van der Waals surface area contributed by atoms with Crippen LogP contribution in [0.25, 0.3) is 0 Å². The van der Waals surface area contributed by atoms with Gasteiger partial charge in [-0.25, -0.2) is 0 Å². The predicted octanol–water partition coefficient (Wildman–Crippen LogP) is 2.15. The van der Waals surface area contributed by atoms with E-state index in [1.807, 2.05) is 11.8 Å². The maximum absolute atomic E-state index is 6.94. The molecule has 0 amide bonds. The molecule has 4 heteroatoms. The standard InChI is InChI=1S/C7H16N2S2/c1-2-3-4-10-5-6-11-7(8)9/h2-6H2,1H3,(H3,8,9). The van der Waals surface area contributed by atoms with Crippen LogP contribution >= 0.6 is 23.5 Å². The van der Waals surface area contributed by atoms with Crippen LogP contribution in [0.2, 0.25) is 0 Å². The van der Waals surface area contributed by atoms with E-state index in [-0.39, 0.29) is 5.17 Å². The van der Waals surface area contributed by atoms with E-state index < -0.39 is 0 Å². The van der Waals surface area contributed by atoms with Crippen molar-refractivity contribution < 1.29 is 0 Å². The van der Waals surface area contributed by atoms with Gasteiger partial charge in [0.05, 0.1) is 0 Å². The van der Waals surface area contributed by atoms with Crippen LogP contribution in [-0.2, 0) is 0 Å². The minimum atomic E-state index is 0.237. The first-order valence-electron chi connectivity index (χ1n) is 3.82. The molecule has 0 aromatic heterocycles. The van der Waals surface area contributed by atoms with Gasteiger partial charge in [-0.15, -0.1) is 0 Å². The van der Waals surface area contributed by atoms with Crippen molar-refractivity contribution in [2.45, 2.75) is 19.8 Å². The van der Waals surface area contributed by atoms with Gasteiger partial charge in [0.25, 0.3) is 0 Å². The third-order valence-electron chi connectivity index (χ3n) is 1.13. The molecule has 0 aromatic carbocycles. The third kappa shape index (κ3) is 10.2. The van der Waals surface area contributed by atoms with Gasteiger partial charge in [-0.3, -0.25) is 5.41 Å². The Hall–Kier alpha value is 0.170. The van der Waals surface area contributed by atoms with Gasteiger partial charge in [0.1, 0.15) is 0 Å². The van der Waals surface area contributed by atoms with Crippen LogP contribution in [0.1, 0.15) is 19.8 Å². The lowest BCUT2D eigenvalue weighted by Gasteiger charge is -1.98. The fourth-order valence-corrected chi connectivity index (χ4v) is 2.28. The molecule has 0 atom stereocenters. The van der Waals surface area contributed by atoms with E-state index in [0.717, 1.165) is 11.5 Å². The first-order chi connectivity index (χ1) is 5.27. The van der Waals surface area contributed by atoms with E-state index in [0.29, 0.717) is 0 Å². The SMILES string of the molecule is CCCCSCCSC(=N)N. The molecule has 0 saturated carbocycles. The minimum absolute atomic E-state index is 0.237. The molecule has 0 rings (SSSR count). The van der Waals surface area contributed by atoms with Crippen molar-refractivity contribution in [1.29, 1.82) is 5.41 Å². The predicted molar refractivity (Wildman–Crippen MR) is 56.6 cm³/mol. The third-order valence-corrected chi connectivity index (χ3v) is 3.18. The number of nitrogens with one attached hydrogen (secondary N) is 1. The lowest BCUT2D eigenvalue weighted by molar-refractivity contribution is 0.896. The Bertz CT molecular complexity index is 107. The summed E-state index contributed by atoms with van der Waals surface area (Å²) in [6.45, 7) is 2.20. The number of amidine groups is 1. The highest BCUT2D eigenvalue weighted by Gasteiger charge is 1.91. The molecule has 2 nitrogen and oxygen atoms in total. The highest BCUT2D eigenvalue weighted by atomic mass is 32.2. The van der Waals surface area contributed by atoms with Crippen molar-refractivity contribution in [2.24, 2.45) is 5.73 Å². The first kappa shape index (κ1) is 11.2. The molecule has 11 heavy (non-hydrogen) atoms. The quantitative estimate of drug-likeness (QED) is 0.385. The molecule has 3 N–H and O–H groups in total. The van der Waals surface area contributed by atoms with E-state index in [2.05, 4.69) is 6.92 Å². The Morgan fingerprint density at radius 2 is 2.09 bits per heavy atom.